The number of ketones is 1. The van der Waals surface area contributed by atoms with Crippen LogP contribution in [0.2, 0.25) is 0 Å². The third-order valence-corrected chi connectivity index (χ3v) is 3.34. The summed E-state index contributed by atoms with van der Waals surface area (Å²) in [7, 11) is 2.02. The zero-order valence-electron chi connectivity index (χ0n) is 8.74. The molecule has 15 heavy (non-hydrogen) atoms. The number of carbonyl (C=O) groups is 1. The van der Waals surface area contributed by atoms with Crippen molar-refractivity contribution in [1.82, 2.24) is 4.90 Å². The Hall–Kier alpha value is -0.670. The van der Waals surface area contributed by atoms with E-state index < -0.39 is 0 Å². The molecule has 0 bridgehead atoms. The van der Waals surface area contributed by atoms with Crippen molar-refractivity contribution in [2.75, 3.05) is 13.6 Å². The SMILES string of the molecule is CN1CCCC(=O)C1c1cccc(Br)c1. The summed E-state index contributed by atoms with van der Waals surface area (Å²) < 4.78 is 1.03. The Kier molecular flexibility index (Phi) is 3.22. The second-order valence-electron chi connectivity index (χ2n) is 4.01. The lowest BCUT2D eigenvalue weighted by atomic mass is 9.95. The topological polar surface area (TPSA) is 20.3 Å². The first kappa shape index (κ1) is 10.8. The van der Waals surface area contributed by atoms with E-state index in [4.69, 9.17) is 0 Å². The lowest BCUT2D eigenvalue weighted by Gasteiger charge is -2.31. The molecule has 0 aliphatic carbocycles. The van der Waals surface area contributed by atoms with Crippen molar-refractivity contribution < 1.29 is 4.79 Å². The number of likely N-dealkylation sites (N-methyl/N-ethyl adjacent to an activating group) is 1. The number of halogens is 1. The highest BCUT2D eigenvalue weighted by molar-refractivity contribution is 9.10. The van der Waals surface area contributed by atoms with Gasteiger partial charge in [0.1, 0.15) is 0 Å². The highest BCUT2D eigenvalue weighted by Gasteiger charge is 2.28. The first-order chi connectivity index (χ1) is 7.18. The number of carbonyl (C=O) groups excluding carboxylic acids is 1. The van der Waals surface area contributed by atoms with Crippen LogP contribution in [-0.4, -0.2) is 24.3 Å². The molecule has 0 saturated carbocycles. The van der Waals surface area contributed by atoms with Crippen LogP contribution >= 0.6 is 15.9 Å². The summed E-state index contributed by atoms with van der Waals surface area (Å²) in [6, 6.07) is 7.97. The number of rotatable bonds is 1. The number of piperidine rings is 1. The van der Waals surface area contributed by atoms with Gasteiger partial charge in [0.15, 0.2) is 5.78 Å². The Morgan fingerprint density at radius 3 is 2.93 bits per heavy atom. The van der Waals surface area contributed by atoms with Gasteiger partial charge < -0.3 is 0 Å². The quantitative estimate of drug-likeness (QED) is 0.780. The third-order valence-electron chi connectivity index (χ3n) is 2.84. The number of likely N-dealkylation sites (tertiary alicyclic amines) is 1. The van der Waals surface area contributed by atoms with E-state index in [1.54, 1.807) is 0 Å². The summed E-state index contributed by atoms with van der Waals surface area (Å²) in [5.74, 6) is 0.335. The van der Waals surface area contributed by atoms with Gasteiger partial charge in [0.2, 0.25) is 0 Å². The minimum Gasteiger partial charge on any atom is -0.298 e. The molecule has 1 saturated heterocycles. The van der Waals surface area contributed by atoms with Gasteiger partial charge in [-0.25, -0.2) is 0 Å². The minimum absolute atomic E-state index is 0.0451. The number of nitrogens with zero attached hydrogens (tertiary/aromatic N) is 1. The maximum Gasteiger partial charge on any atom is 0.154 e. The van der Waals surface area contributed by atoms with Crippen LogP contribution in [0.4, 0.5) is 0 Å². The molecule has 2 rings (SSSR count). The largest absolute Gasteiger partial charge is 0.298 e. The molecule has 1 aliphatic rings. The molecule has 0 amide bonds. The molecule has 2 nitrogen and oxygen atoms in total. The average molecular weight is 268 g/mol. The number of benzene rings is 1. The predicted octanol–water partition coefficient (Wildman–Crippen LogP) is 2.78. The Labute approximate surface area is 98.4 Å². The van der Waals surface area contributed by atoms with Gasteiger partial charge in [-0.3, -0.25) is 9.69 Å². The van der Waals surface area contributed by atoms with Gasteiger partial charge in [-0.05, 0) is 37.7 Å². The van der Waals surface area contributed by atoms with E-state index in [9.17, 15) is 4.79 Å². The average Bonchev–Trinajstić information content (AvgIpc) is 2.17. The molecular weight excluding hydrogens is 254 g/mol. The maximum atomic E-state index is 11.9. The van der Waals surface area contributed by atoms with Crippen molar-refractivity contribution in [3.05, 3.63) is 34.3 Å². The molecular formula is C12H14BrNO. The Bertz CT molecular complexity index is 378. The van der Waals surface area contributed by atoms with Crippen LogP contribution in [-0.2, 0) is 4.79 Å². The predicted molar refractivity (Wildman–Crippen MR) is 63.8 cm³/mol. The van der Waals surface area contributed by atoms with E-state index in [1.165, 1.54) is 0 Å². The van der Waals surface area contributed by atoms with Crippen LogP contribution in [0.3, 0.4) is 0 Å². The van der Waals surface area contributed by atoms with E-state index in [0.29, 0.717) is 12.2 Å². The van der Waals surface area contributed by atoms with Gasteiger partial charge in [-0.2, -0.15) is 0 Å². The van der Waals surface area contributed by atoms with Gasteiger partial charge >= 0.3 is 0 Å². The standard InChI is InChI=1S/C12H14BrNO/c1-14-7-3-6-11(15)12(14)9-4-2-5-10(13)8-9/h2,4-5,8,12H,3,6-7H2,1H3. The molecule has 3 heteroatoms. The normalized spacial score (nSPS) is 23.1. The van der Waals surface area contributed by atoms with Crippen molar-refractivity contribution in [2.45, 2.75) is 18.9 Å². The molecule has 1 fully saturated rings. The van der Waals surface area contributed by atoms with E-state index >= 15 is 0 Å². The molecule has 0 N–H and O–H groups in total. The number of hydrogen-bond acceptors (Lipinski definition) is 2. The van der Waals surface area contributed by atoms with Crippen molar-refractivity contribution in [3.63, 3.8) is 0 Å². The van der Waals surface area contributed by atoms with E-state index in [2.05, 4.69) is 20.8 Å². The molecule has 0 radical (unpaired) electrons. The molecule has 1 heterocycles. The number of hydrogen-bond donors (Lipinski definition) is 0. The van der Waals surface area contributed by atoms with Gasteiger partial charge in [0, 0.05) is 10.9 Å². The smallest absolute Gasteiger partial charge is 0.154 e. The Balaban J connectivity index is 2.31. The van der Waals surface area contributed by atoms with Crippen molar-refractivity contribution in [1.29, 1.82) is 0 Å². The molecule has 1 unspecified atom stereocenters. The first-order valence-corrected chi connectivity index (χ1v) is 5.96. The highest BCUT2D eigenvalue weighted by Crippen LogP contribution is 2.28. The second-order valence-corrected chi connectivity index (χ2v) is 4.92. The van der Waals surface area contributed by atoms with Gasteiger partial charge in [0.05, 0.1) is 6.04 Å². The van der Waals surface area contributed by atoms with E-state index in [-0.39, 0.29) is 6.04 Å². The molecule has 1 aromatic rings. The first-order valence-electron chi connectivity index (χ1n) is 5.17. The van der Waals surface area contributed by atoms with Crippen molar-refractivity contribution in [2.24, 2.45) is 0 Å². The van der Waals surface area contributed by atoms with Crippen LogP contribution in [0.5, 0.6) is 0 Å². The fraction of sp³-hybridized carbons (Fsp3) is 0.417. The fourth-order valence-electron chi connectivity index (χ4n) is 2.13. The monoisotopic (exact) mass is 267 g/mol. The van der Waals surface area contributed by atoms with E-state index in [0.717, 1.165) is 23.0 Å². The molecule has 1 aliphatic heterocycles. The van der Waals surface area contributed by atoms with Crippen LogP contribution in [0.25, 0.3) is 0 Å². The second kappa shape index (κ2) is 4.45. The Morgan fingerprint density at radius 1 is 1.47 bits per heavy atom. The molecule has 80 valence electrons. The summed E-state index contributed by atoms with van der Waals surface area (Å²) in [5.41, 5.74) is 1.09. The van der Waals surface area contributed by atoms with E-state index in [1.807, 2.05) is 31.3 Å². The molecule has 1 aromatic carbocycles. The van der Waals surface area contributed by atoms with Crippen LogP contribution in [0, 0.1) is 0 Å². The van der Waals surface area contributed by atoms with Gasteiger partial charge in [0.25, 0.3) is 0 Å². The minimum atomic E-state index is -0.0451. The maximum absolute atomic E-state index is 11.9. The lowest BCUT2D eigenvalue weighted by molar-refractivity contribution is -0.126. The summed E-state index contributed by atoms with van der Waals surface area (Å²) >= 11 is 3.44. The summed E-state index contributed by atoms with van der Waals surface area (Å²) in [5, 5.41) is 0. The van der Waals surface area contributed by atoms with Crippen LogP contribution in [0.1, 0.15) is 24.4 Å². The van der Waals surface area contributed by atoms with Crippen LogP contribution in [0.15, 0.2) is 28.7 Å². The van der Waals surface area contributed by atoms with Crippen LogP contribution < -0.4 is 0 Å². The molecule has 1 atom stereocenters. The zero-order chi connectivity index (χ0) is 10.8. The summed E-state index contributed by atoms with van der Waals surface area (Å²) in [4.78, 5) is 14.0. The highest BCUT2D eigenvalue weighted by atomic mass is 79.9. The third kappa shape index (κ3) is 2.29. The van der Waals surface area contributed by atoms with Crippen molar-refractivity contribution in [3.8, 4) is 0 Å². The Morgan fingerprint density at radius 2 is 2.27 bits per heavy atom. The fourth-order valence-corrected chi connectivity index (χ4v) is 2.55. The summed E-state index contributed by atoms with van der Waals surface area (Å²) in [6.45, 7) is 1.00. The molecule has 0 aromatic heterocycles. The van der Waals surface area contributed by atoms with Crippen molar-refractivity contribution >= 4 is 21.7 Å². The summed E-state index contributed by atoms with van der Waals surface area (Å²) in [6.07, 6.45) is 1.70. The lowest BCUT2D eigenvalue weighted by Crippen LogP contribution is -2.36. The van der Waals surface area contributed by atoms with Gasteiger partial charge in [-0.15, -0.1) is 0 Å². The molecule has 0 spiro atoms. The van der Waals surface area contributed by atoms with Gasteiger partial charge in [-0.1, -0.05) is 28.1 Å². The number of Topliss-reactive ketones (excluding diaryl/α,β-unsaturated/α-hetero) is 1. The zero-order valence-corrected chi connectivity index (χ0v) is 10.3.